The van der Waals surface area contributed by atoms with Crippen molar-refractivity contribution < 1.29 is 9.47 Å². The van der Waals surface area contributed by atoms with Crippen molar-refractivity contribution in [2.75, 3.05) is 14.2 Å². The lowest BCUT2D eigenvalue weighted by molar-refractivity contribution is 0.356. The standard InChI is InChI=1S/C18H13N3O2/c1-22-15-6-12-14(7-16(15)23-2)20-9-13-11-5-3-4-10(8-19)17(11)21-18(12)13/h3-7,9,21H,1-2H3. The molecule has 4 rings (SSSR count). The van der Waals surface area contributed by atoms with Crippen molar-refractivity contribution in [2.24, 2.45) is 0 Å². The van der Waals surface area contributed by atoms with Gasteiger partial charge < -0.3 is 14.5 Å². The molecular formula is C18H13N3O2. The fraction of sp³-hybridized carbons (Fsp3) is 0.111. The van der Waals surface area contributed by atoms with E-state index in [1.54, 1.807) is 20.3 Å². The first kappa shape index (κ1) is 13.4. The number of nitriles is 1. The highest BCUT2D eigenvalue weighted by Gasteiger charge is 2.14. The topological polar surface area (TPSA) is 70.9 Å². The molecule has 0 aliphatic rings. The van der Waals surface area contributed by atoms with Gasteiger partial charge in [-0.15, -0.1) is 0 Å². The molecule has 4 aromatic rings. The fourth-order valence-corrected chi connectivity index (χ4v) is 2.99. The minimum absolute atomic E-state index is 0.618. The lowest BCUT2D eigenvalue weighted by atomic mass is 10.1. The van der Waals surface area contributed by atoms with Crippen LogP contribution < -0.4 is 9.47 Å². The van der Waals surface area contributed by atoms with Gasteiger partial charge in [-0.25, -0.2) is 0 Å². The van der Waals surface area contributed by atoms with Crippen molar-refractivity contribution >= 4 is 32.7 Å². The maximum atomic E-state index is 9.30. The minimum atomic E-state index is 0.618. The number of para-hydroxylation sites is 1. The lowest BCUT2D eigenvalue weighted by Gasteiger charge is -2.09. The summed E-state index contributed by atoms with van der Waals surface area (Å²) in [7, 11) is 3.21. The molecule has 2 heterocycles. The van der Waals surface area contributed by atoms with Crippen molar-refractivity contribution in [3.63, 3.8) is 0 Å². The van der Waals surface area contributed by atoms with Crippen LogP contribution in [-0.4, -0.2) is 24.2 Å². The third-order valence-electron chi connectivity index (χ3n) is 4.10. The largest absolute Gasteiger partial charge is 0.493 e. The van der Waals surface area contributed by atoms with E-state index in [0.717, 1.165) is 32.7 Å². The van der Waals surface area contributed by atoms with Gasteiger partial charge in [-0.05, 0) is 12.1 Å². The highest BCUT2D eigenvalue weighted by atomic mass is 16.5. The van der Waals surface area contributed by atoms with Crippen LogP contribution in [0, 0.1) is 11.3 Å². The van der Waals surface area contributed by atoms with Crippen LogP contribution >= 0.6 is 0 Å². The third kappa shape index (κ3) is 1.82. The van der Waals surface area contributed by atoms with Crippen molar-refractivity contribution in [1.29, 1.82) is 5.26 Å². The summed E-state index contributed by atoms with van der Waals surface area (Å²) in [6.07, 6.45) is 1.82. The first-order valence-electron chi connectivity index (χ1n) is 7.12. The molecule has 0 aliphatic heterocycles. The number of nitrogens with zero attached hydrogens (tertiary/aromatic N) is 2. The Morgan fingerprint density at radius 1 is 1.00 bits per heavy atom. The van der Waals surface area contributed by atoms with Gasteiger partial charge in [0.05, 0.1) is 36.3 Å². The van der Waals surface area contributed by atoms with Crippen molar-refractivity contribution in [3.8, 4) is 17.6 Å². The quantitative estimate of drug-likeness (QED) is 0.612. The van der Waals surface area contributed by atoms with Crippen LogP contribution in [0.25, 0.3) is 32.7 Å². The Hall–Kier alpha value is -3.26. The third-order valence-corrected chi connectivity index (χ3v) is 4.10. The summed E-state index contributed by atoms with van der Waals surface area (Å²) in [5.41, 5.74) is 3.19. The van der Waals surface area contributed by atoms with E-state index in [2.05, 4.69) is 16.0 Å². The molecule has 0 saturated carbocycles. The first-order chi connectivity index (χ1) is 11.3. The molecule has 0 radical (unpaired) electrons. The van der Waals surface area contributed by atoms with Crippen molar-refractivity contribution in [1.82, 2.24) is 9.97 Å². The van der Waals surface area contributed by atoms with E-state index in [9.17, 15) is 5.26 Å². The highest BCUT2D eigenvalue weighted by Crippen LogP contribution is 2.36. The van der Waals surface area contributed by atoms with E-state index in [4.69, 9.17) is 9.47 Å². The van der Waals surface area contributed by atoms with Gasteiger partial charge in [0.15, 0.2) is 11.5 Å². The number of methoxy groups -OCH3 is 2. The second-order valence-corrected chi connectivity index (χ2v) is 5.24. The Labute approximate surface area is 132 Å². The lowest BCUT2D eigenvalue weighted by Crippen LogP contribution is -1.91. The number of aromatic nitrogens is 2. The SMILES string of the molecule is COc1cc2ncc3c4cccc(C#N)c4[nH]c3c2cc1OC. The van der Waals surface area contributed by atoms with Crippen LogP contribution in [-0.2, 0) is 0 Å². The molecule has 0 fully saturated rings. The van der Waals surface area contributed by atoms with Crippen LogP contribution in [0.2, 0.25) is 0 Å². The van der Waals surface area contributed by atoms with E-state index < -0.39 is 0 Å². The molecule has 0 spiro atoms. The number of hydrogen-bond acceptors (Lipinski definition) is 4. The van der Waals surface area contributed by atoms with E-state index in [0.29, 0.717) is 17.1 Å². The van der Waals surface area contributed by atoms with E-state index in [1.165, 1.54) is 0 Å². The minimum Gasteiger partial charge on any atom is -0.493 e. The van der Waals surface area contributed by atoms with E-state index >= 15 is 0 Å². The van der Waals surface area contributed by atoms with E-state index in [1.807, 2.05) is 30.5 Å². The van der Waals surface area contributed by atoms with Crippen molar-refractivity contribution in [3.05, 3.63) is 42.1 Å². The molecule has 0 bridgehead atoms. The van der Waals surface area contributed by atoms with Crippen LogP contribution in [0.4, 0.5) is 0 Å². The summed E-state index contributed by atoms with van der Waals surface area (Å²) >= 11 is 0. The maximum Gasteiger partial charge on any atom is 0.162 e. The number of H-pyrrole nitrogens is 1. The Balaban J connectivity index is 2.18. The molecule has 0 aliphatic carbocycles. The summed E-state index contributed by atoms with van der Waals surface area (Å²) in [5.74, 6) is 1.29. The Bertz CT molecular complexity index is 1110. The van der Waals surface area contributed by atoms with Crippen LogP contribution in [0.5, 0.6) is 11.5 Å². The number of nitrogens with one attached hydrogen (secondary N) is 1. The number of aromatic amines is 1. The molecular weight excluding hydrogens is 290 g/mol. The maximum absolute atomic E-state index is 9.30. The molecule has 2 aromatic heterocycles. The Morgan fingerprint density at radius 3 is 2.52 bits per heavy atom. The molecule has 112 valence electrons. The molecule has 0 amide bonds. The van der Waals surface area contributed by atoms with Gasteiger partial charge in [-0.2, -0.15) is 5.26 Å². The molecule has 5 nitrogen and oxygen atoms in total. The summed E-state index contributed by atoms with van der Waals surface area (Å²) in [5, 5.41) is 12.2. The average molecular weight is 303 g/mol. The highest BCUT2D eigenvalue weighted by molar-refractivity contribution is 6.16. The zero-order valence-electron chi connectivity index (χ0n) is 12.7. The van der Waals surface area contributed by atoms with E-state index in [-0.39, 0.29) is 0 Å². The van der Waals surface area contributed by atoms with Gasteiger partial charge >= 0.3 is 0 Å². The predicted octanol–water partition coefficient (Wildman–Crippen LogP) is 3.76. The summed E-state index contributed by atoms with van der Waals surface area (Å²) in [6.45, 7) is 0. The molecule has 0 atom stereocenters. The second kappa shape index (κ2) is 4.89. The van der Waals surface area contributed by atoms with Crippen LogP contribution in [0.1, 0.15) is 5.56 Å². The second-order valence-electron chi connectivity index (χ2n) is 5.24. The molecule has 0 unspecified atom stereocenters. The Kier molecular flexibility index (Phi) is 2.85. The van der Waals surface area contributed by atoms with Gasteiger partial charge in [0.2, 0.25) is 0 Å². The summed E-state index contributed by atoms with van der Waals surface area (Å²) in [4.78, 5) is 7.90. The molecule has 0 saturated heterocycles. The normalized spacial score (nSPS) is 11.0. The van der Waals surface area contributed by atoms with Crippen LogP contribution in [0.15, 0.2) is 36.5 Å². The zero-order chi connectivity index (χ0) is 16.0. The molecule has 2 aromatic carbocycles. The van der Waals surface area contributed by atoms with Gasteiger partial charge in [0.1, 0.15) is 6.07 Å². The molecule has 23 heavy (non-hydrogen) atoms. The fourth-order valence-electron chi connectivity index (χ4n) is 2.99. The van der Waals surface area contributed by atoms with Crippen LogP contribution in [0.3, 0.4) is 0 Å². The monoisotopic (exact) mass is 303 g/mol. The number of rotatable bonds is 2. The molecule has 5 heteroatoms. The summed E-state index contributed by atoms with van der Waals surface area (Å²) in [6, 6.07) is 11.7. The summed E-state index contributed by atoms with van der Waals surface area (Å²) < 4.78 is 10.7. The number of ether oxygens (including phenoxy) is 2. The van der Waals surface area contributed by atoms with Gasteiger partial charge in [-0.3, -0.25) is 4.98 Å². The Morgan fingerprint density at radius 2 is 1.78 bits per heavy atom. The van der Waals surface area contributed by atoms with Gasteiger partial charge in [0.25, 0.3) is 0 Å². The first-order valence-corrected chi connectivity index (χ1v) is 7.12. The number of benzene rings is 2. The predicted molar refractivity (Wildman–Crippen MR) is 88.9 cm³/mol. The van der Waals surface area contributed by atoms with Gasteiger partial charge in [0, 0.05) is 28.4 Å². The average Bonchev–Trinajstić information content (AvgIpc) is 2.99. The molecule has 1 N–H and O–H groups in total. The van der Waals surface area contributed by atoms with Crippen molar-refractivity contribution in [2.45, 2.75) is 0 Å². The number of fused-ring (bicyclic) bond motifs is 5. The van der Waals surface area contributed by atoms with Gasteiger partial charge in [-0.1, -0.05) is 12.1 Å². The number of hydrogen-bond donors (Lipinski definition) is 1. The number of pyridine rings is 1. The zero-order valence-corrected chi connectivity index (χ0v) is 12.7. The smallest absolute Gasteiger partial charge is 0.162 e.